The van der Waals surface area contributed by atoms with Gasteiger partial charge in [-0.2, -0.15) is 4.31 Å². The second-order valence-electron chi connectivity index (χ2n) is 6.08. The molecule has 1 aromatic heterocycles. The molecule has 11 heteroatoms. The zero-order valence-electron chi connectivity index (χ0n) is 16.5. The lowest BCUT2D eigenvalue weighted by Crippen LogP contribution is -2.30. The van der Waals surface area contributed by atoms with Gasteiger partial charge < -0.3 is 5.32 Å². The van der Waals surface area contributed by atoms with Gasteiger partial charge in [0.25, 0.3) is 15.9 Å². The van der Waals surface area contributed by atoms with Gasteiger partial charge in [-0.25, -0.2) is 16.8 Å². The highest BCUT2D eigenvalue weighted by Gasteiger charge is 2.23. The molecule has 160 valence electrons. The number of sulfonamides is 2. The van der Waals surface area contributed by atoms with Gasteiger partial charge in [-0.05, 0) is 37.3 Å². The van der Waals surface area contributed by atoms with E-state index in [1.54, 1.807) is 44.2 Å². The number of nitrogens with zero attached hydrogens (tertiary/aromatic N) is 1. The Labute approximate surface area is 176 Å². The van der Waals surface area contributed by atoms with Gasteiger partial charge in [0.2, 0.25) is 10.0 Å². The van der Waals surface area contributed by atoms with Crippen LogP contribution in [0.5, 0.6) is 0 Å². The number of rotatable bonds is 10. The summed E-state index contributed by atoms with van der Waals surface area (Å²) >= 11 is 1.11. The van der Waals surface area contributed by atoms with Crippen LogP contribution in [0.4, 0.5) is 5.69 Å². The van der Waals surface area contributed by atoms with Gasteiger partial charge in [-0.3, -0.25) is 9.52 Å². The van der Waals surface area contributed by atoms with Gasteiger partial charge in [-0.15, -0.1) is 11.3 Å². The highest BCUT2D eigenvalue weighted by atomic mass is 32.2. The molecule has 2 aromatic rings. The van der Waals surface area contributed by atoms with E-state index in [0.29, 0.717) is 29.2 Å². The number of hydrogen-bond donors (Lipinski definition) is 2. The van der Waals surface area contributed by atoms with Crippen LogP contribution in [0.3, 0.4) is 0 Å². The summed E-state index contributed by atoms with van der Waals surface area (Å²) in [5.74, 6) is -0.454. The number of benzene rings is 1. The minimum Gasteiger partial charge on any atom is -0.347 e. The molecular weight excluding hydrogens is 434 g/mol. The Bertz CT molecular complexity index is 1060. The molecule has 1 amide bonds. The van der Waals surface area contributed by atoms with Crippen molar-refractivity contribution in [3.05, 3.63) is 46.8 Å². The average molecular weight is 460 g/mol. The molecule has 1 aromatic carbocycles. The van der Waals surface area contributed by atoms with Gasteiger partial charge in [0, 0.05) is 29.2 Å². The van der Waals surface area contributed by atoms with Crippen molar-refractivity contribution in [1.29, 1.82) is 0 Å². The van der Waals surface area contributed by atoms with E-state index in [-0.39, 0.29) is 22.4 Å². The number of nitrogens with one attached hydrogen (secondary N) is 2. The van der Waals surface area contributed by atoms with Crippen molar-refractivity contribution in [2.45, 2.75) is 31.5 Å². The van der Waals surface area contributed by atoms with Crippen LogP contribution < -0.4 is 10.0 Å². The highest BCUT2D eigenvalue weighted by Crippen LogP contribution is 2.25. The fourth-order valence-electron chi connectivity index (χ4n) is 2.53. The Morgan fingerprint density at radius 1 is 1.03 bits per heavy atom. The first-order valence-electron chi connectivity index (χ1n) is 9.10. The number of thiophene rings is 1. The second kappa shape index (κ2) is 9.70. The van der Waals surface area contributed by atoms with Crippen LogP contribution in [-0.4, -0.2) is 45.9 Å². The summed E-state index contributed by atoms with van der Waals surface area (Å²) < 4.78 is 52.4. The highest BCUT2D eigenvalue weighted by molar-refractivity contribution is 7.92. The molecule has 0 radical (unpaired) electrons. The molecule has 0 aliphatic carbocycles. The van der Waals surface area contributed by atoms with E-state index in [0.717, 1.165) is 11.3 Å². The van der Waals surface area contributed by atoms with Gasteiger partial charge in [0.15, 0.2) is 0 Å². The normalized spacial score (nSPS) is 12.1. The number of carbonyl (C=O) groups excluding carboxylic acids is 1. The fraction of sp³-hybridized carbons (Fsp3) is 0.389. The van der Waals surface area contributed by atoms with Gasteiger partial charge in [0.05, 0.1) is 12.3 Å². The molecule has 29 heavy (non-hydrogen) atoms. The second-order valence-corrected chi connectivity index (χ2v) is 11.4. The maximum Gasteiger partial charge on any atom is 0.252 e. The fourth-order valence-corrected chi connectivity index (χ4v) is 6.07. The maximum atomic E-state index is 12.5. The molecule has 0 saturated heterocycles. The predicted octanol–water partition coefficient (Wildman–Crippen LogP) is 2.47. The first-order chi connectivity index (χ1) is 13.6. The Hall–Kier alpha value is -1.95. The molecule has 8 nitrogen and oxygen atoms in total. The lowest BCUT2D eigenvalue weighted by molar-refractivity contribution is 0.0951. The first kappa shape index (κ1) is 23.3. The maximum absolute atomic E-state index is 12.5. The van der Waals surface area contributed by atoms with E-state index in [1.165, 1.54) is 17.3 Å². The Morgan fingerprint density at radius 2 is 1.72 bits per heavy atom. The summed E-state index contributed by atoms with van der Waals surface area (Å²) in [5, 5.41) is 2.73. The van der Waals surface area contributed by atoms with Crippen molar-refractivity contribution in [2.24, 2.45) is 0 Å². The standard InChI is InChI=1S/C18H25N3O5S3/c1-4-21(5-2)29(25,26)17-11-10-16(27-17)13-19-18(22)14-8-7-9-15(12-14)20-28(23,24)6-3/h7-12,20H,4-6,13H2,1-3H3,(H,19,22). The Kier molecular flexibility index (Phi) is 7.80. The molecule has 0 fully saturated rings. The number of hydrogen-bond acceptors (Lipinski definition) is 6. The van der Waals surface area contributed by atoms with Crippen molar-refractivity contribution in [3.63, 3.8) is 0 Å². The van der Waals surface area contributed by atoms with Crippen LogP contribution in [-0.2, 0) is 26.6 Å². The van der Waals surface area contributed by atoms with E-state index in [9.17, 15) is 21.6 Å². The van der Waals surface area contributed by atoms with Crippen molar-refractivity contribution >= 4 is 43.0 Å². The molecule has 0 spiro atoms. The summed E-state index contributed by atoms with van der Waals surface area (Å²) in [7, 11) is -6.96. The van der Waals surface area contributed by atoms with Crippen LogP contribution in [0.2, 0.25) is 0 Å². The molecule has 0 aliphatic heterocycles. The summed E-state index contributed by atoms with van der Waals surface area (Å²) in [6.45, 7) is 6.04. The number of anilines is 1. The number of carbonyl (C=O) groups is 1. The largest absolute Gasteiger partial charge is 0.347 e. The zero-order valence-corrected chi connectivity index (χ0v) is 19.0. The van der Waals surface area contributed by atoms with Gasteiger partial charge >= 0.3 is 0 Å². The third-order valence-corrected chi connectivity index (χ3v) is 9.05. The van der Waals surface area contributed by atoms with Crippen molar-refractivity contribution < 1.29 is 21.6 Å². The average Bonchev–Trinajstić information content (AvgIpc) is 3.16. The summed E-state index contributed by atoms with van der Waals surface area (Å²) in [6, 6.07) is 9.39. The SMILES string of the molecule is CCN(CC)S(=O)(=O)c1ccc(CNC(=O)c2cccc(NS(=O)(=O)CC)c2)s1. The molecule has 2 rings (SSSR count). The molecule has 1 heterocycles. The molecule has 0 atom stereocenters. The number of amides is 1. The van der Waals surface area contributed by atoms with Crippen molar-refractivity contribution in [1.82, 2.24) is 9.62 Å². The molecule has 0 bridgehead atoms. The van der Waals surface area contributed by atoms with Crippen LogP contribution >= 0.6 is 11.3 Å². The first-order valence-corrected chi connectivity index (χ1v) is 13.0. The lowest BCUT2D eigenvalue weighted by Gasteiger charge is -2.16. The van der Waals surface area contributed by atoms with E-state index in [2.05, 4.69) is 10.0 Å². The van der Waals surface area contributed by atoms with Crippen LogP contribution in [0.15, 0.2) is 40.6 Å². The quantitative estimate of drug-likeness (QED) is 0.567. The Balaban J connectivity index is 2.06. The molecular formula is C18H25N3O5S3. The van der Waals surface area contributed by atoms with Crippen LogP contribution in [0.25, 0.3) is 0 Å². The summed E-state index contributed by atoms with van der Waals surface area (Å²) in [6.07, 6.45) is 0. The van der Waals surface area contributed by atoms with Crippen LogP contribution in [0, 0.1) is 0 Å². The van der Waals surface area contributed by atoms with E-state index >= 15 is 0 Å². The van der Waals surface area contributed by atoms with Gasteiger partial charge in [-0.1, -0.05) is 19.9 Å². The zero-order chi connectivity index (χ0) is 21.7. The van der Waals surface area contributed by atoms with Crippen molar-refractivity contribution in [3.8, 4) is 0 Å². The van der Waals surface area contributed by atoms with E-state index in [1.807, 2.05) is 0 Å². The van der Waals surface area contributed by atoms with E-state index < -0.39 is 20.0 Å². The van der Waals surface area contributed by atoms with E-state index in [4.69, 9.17) is 0 Å². The van der Waals surface area contributed by atoms with Gasteiger partial charge in [0.1, 0.15) is 4.21 Å². The predicted molar refractivity (Wildman–Crippen MR) is 115 cm³/mol. The molecule has 2 N–H and O–H groups in total. The van der Waals surface area contributed by atoms with Crippen molar-refractivity contribution in [2.75, 3.05) is 23.6 Å². The van der Waals surface area contributed by atoms with Crippen LogP contribution in [0.1, 0.15) is 36.0 Å². The molecule has 0 saturated carbocycles. The smallest absolute Gasteiger partial charge is 0.252 e. The lowest BCUT2D eigenvalue weighted by atomic mass is 10.2. The molecule has 0 aliphatic rings. The monoisotopic (exact) mass is 459 g/mol. The third-order valence-electron chi connectivity index (χ3n) is 4.14. The molecule has 0 unspecified atom stereocenters. The summed E-state index contributed by atoms with van der Waals surface area (Å²) in [4.78, 5) is 13.1. The minimum absolute atomic E-state index is 0.0689. The third kappa shape index (κ3) is 6.01. The topological polar surface area (TPSA) is 113 Å². The Morgan fingerprint density at radius 3 is 2.34 bits per heavy atom. The minimum atomic E-state index is -3.52. The summed E-state index contributed by atoms with van der Waals surface area (Å²) in [5.41, 5.74) is 0.608.